The third kappa shape index (κ3) is 8.71. The Morgan fingerprint density at radius 1 is 1.06 bits per heavy atom. The Labute approximate surface area is 114 Å². The van der Waals surface area contributed by atoms with E-state index in [4.69, 9.17) is 9.47 Å². The Morgan fingerprint density at radius 2 is 1.61 bits per heavy atom. The molecule has 18 heavy (non-hydrogen) atoms. The maximum absolute atomic E-state index is 6.25. The lowest BCUT2D eigenvalue weighted by Gasteiger charge is -2.37. The highest BCUT2D eigenvalue weighted by Crippen LogP contribution is 2.28. The maximum atomic E-state index is 6.25. The van der Waals surface area contributed by atoms with E-state index >= 15 is 0 Å². The van der Waals surface area contributed by atoms with Gasteiger partial charge in [0.25, 0.3) is 0 Å². The summed E-state index contributed by atoms with van der Waals surface area (Å²) in [4.78, 5) is 0. The first kappa shape index (κ1) is 17.7. The van der Waals surface area contributed by atoms with Gasteiger partial charge in [-0.05, 0) is 60.3 Å². The van der Waals surface area contributed by atoms with Crippen LogP contribution in [0.2, 0.25) is 0 Å². The molecule has 0 heterocycles. The minimum absolute atomic E-state index is 0.130. The average Bonchev–Trinajstić information content (AvgIpc) is 2.13. The van der Waals surface area contributed by atoms with Gasteiger partial charge in [0.05, 0.1) is 17.3 Å². The van der Waals surface area contributed by atoms with E-state index in [0.29, 0.717) is 5.92 Å². The van der Waals surface area contributed by atoms with Crippen LogP contribution in [0.15, 0.2) is 12.7 Å². The quantitative estimate of drug-likeness (QED) is 0.562. The summed E-state index contributed by atoms with van der Waals surface area (Å²) in [6.45, 7) is 19.4. The Kier molecular flexibility index (Phi) is 7.16. The summed E-state index contributed by atoms with van der Waals surface area (Å²) in [5.74, 6) is 0.475. The number of allylic oxidation sites excluding steroid dienone is 1. The third-order valence-corrected chi connectivity index (χ3v) is 2.92. The molecule has 2 nitrogen and oxygen atoms in total. The summed E-state index contributed by atoms with van der Waals surface area (Å²) in [6, 6.07) is 0. The van der Waals surface area contributed by atoms with Gasteiger partial charge in [-0.25, -0.2) is 0 Å². The van der Waals surface area contributed by atoms with Crippen LogP contribution in [0.25, 0.3) is 0 Å². The first-order valence-corrected chi connectivity index (χ1v) is 7.02. The second-order valence-corrected chi connectivity index (χ2v) is 6.71. The highest BCUT2D eigenvalue weighted by atomic mass is 16.5. The molecule has 0 N–H and O–H groups in total. The second-order valence-electron chi connectivity index (χ2n) is 6.71. The number of ether oxygens (including phenoxy) is 2. The summed E-state index contributed by atoms with van der Waals surface area (Å²) in [5.41, 5.74) is -0.284. The molecular formula is C16H32O2. The molecule has 108 valence electrons. The molecule has 0 aromatic heterocycles. The fourth-order valence-electron chi connectivity index (χ4n) is 2.24. The van der Waals surface area contributed by atoms with Gasteiger partial charge in [0.15, 0.2) is 0 Å². The van der Waals surface area contributed by atoms with Gasteiger partial charge >= 0.3 is 0 Å². The number of rotatable bonds is 9. The lowest BCUT2D eigenvalue weighted by molar-refractivity contribution is -0.140. The van der Waals surface area contributed by atoms with Gasteiger partial charge < -0.3 is 9.47 Å². The molecular weight excluding hydrogens is 224 g/mol. The minimum Gasteiger partial charge on any atom is -0.379 e. The summed E-state index contributed by atoms with van der Waals surface area (Å²) in [6.07, 6.45) is 4.18. The van der Waals surface area contributed by atoms with Crippen LogP contribution >= 0.6 is 0 Å². The van der Waals surface area contributed by atoms with Crippen LogP contribution in [-0.4, -0.2) is 23.9 Å². The van der Waals surface area contributed by atoms with E-state index < -0.39 is 0 Å². The van der Waals surface area contributed by atoms with Gasteiger partial charge in [0.1, 0.15) is 0 Å². The first-order valence-electron chi connectivity index (χ1n) is 7.02. The SMILES string of the molecule is C=CC(C)CC(C)(C)OC(C)(C)CCOC(C)C. The average molecular weight is 256 g/mol. The minimum atomic E-state index is -0.153. The van der Waals surface area contributed by atoms with E-state index in [2.05, 4.69) is 55.0 Å². The van der Waals surface area contributed by atoms with Crippen LogP contribution in [-0.2, 0) is 9.47 Å². The van der Waals surface area contributed by atoms with E-state index in [1.165, 1.54) is 0 Å². The zero-order valence-electron chi connectivity index (χ0n) is 13.4. The lowest BCUT2D eigenvalue weighted by Crippen LogP contribution is -2.39. The summed E-state index contributed by atoms with van der Waals surface area (Å²) >= 11 is 0. The van der Waals surface area contributed by atoms with Gasteiger partial charge in [-0.2, -0.15) is 0 Å². The van der Waals surface area contributed by atoms with Crippen molar-refractivity contribution in [1.82, 2.24) is 0 Å². The Balaban J connectivity index is 4.23. The lowest BCUT2D eigenvalue weighted by atomic mass is 9.93. The molecule has 0 radical (unpaired) electrons. The van der Waals surface area contributed by atoms with Crippen molar-refractivity contribution in [1.29, 1.82) is 0 Å². The molecule has 0 spiro atoms. The van der Waals surface area contributed by atoms with Crippen LogP contribution in [0, 0.1) is 5.92 Å². The molecule has 0 aromatic rings. The zero-order chi connectivity index (χ0) is 14.4. The van der Waals surface area contributed by atoms with Crippen LogP contribution in [0.3, 0.4) is 0 Å². The Bertz CT molecular complexity index is 241. The van der Waals surface area contributed by atoms with Crippen molar-refractivity contribution in [2.24, 2.45) is 5.92 Å². The molecule has 0 fully saturated rings. The van der Waals surface area contributed by atoms with Gasteiger partial charge in [0.2, 0.25) is 0 Å². The predicted molar refractivity (Wildman–Crippen MR) is 78.9 cm³/mol. The fraction of sp³-hybridized carbons (Fsp3) is 0.875. The van der Waals surface area contributed by atoms with Crippen LogP contribution in [0.1, 0.15) is 61.3 Å². The molecule has 0 aromatic carbocycles. The van der Waals surface area contributed by atoms with Gasteiger partial charge in [-0.1, -0.05) is 13.0 Å². The van der Waals surface area contributed by atoms with Crippen molar-refractivity contribution >= 4 is 0 Å². The third-order valence-electron chi connectivity index (χ3n) is 2.92. The Morgan fingerprint density at radius 3 is 2.06 bits per heavy atom. The van der Waals surface area contributed by atoms with Gasteiger partial charge in [-0.3, -0.25) is 0 Å². The fourth-order valence-corrected chi connectivity index (χ4v) is 2.24. The van der Waals surface area contributed by atoms with Crippen LogP contribution in [0.4, 0.5) is 0 Å². The van der Waals surface area contributed by atoms with Crippen molar-refractivity contribution in [2.75, 3.05) is 6.61 Å². The molecule has 1 atom stereocenters. The molecule has 1 unspecified atom stereocenters. The first-order chi connectivity index (χ1) is 8.08. The highest BCUT2D eigenvalue weighted by Gasteiger charge is 2.29. The monoisotopic (exact) mass is 256 g/mol. The molecule has 0 bridgehead atoms. The summed E-state index contributed by atoms with van der Waals surface area (Å²) in [5, 5.41) is 0. The molecule has 0 amide bonds. The normalized spacial score (nSPS) is 14.9. The second kappa shape index (κ2) is 7.30. The molecule has 0 saturated carbocycles. The summed E-state index contributed by atoms with van der Waals surface area (Å²) < 4.78 is 11.9. The van der Waals surface area contributed by atoms with E-state index in [1.807, 2.05) is 6.08 Å². The van der Waals surface area contributed by atoms with Gasteiger partial charge in [0, 0.05) is 6.61 Å². The topological polar surface area (TPSA) is 18.5 Å². The number of hydrogen-bond donors (Lipinski definition) is 0. The van der Waals surface area contributed by atoms with Crippen molar-refractivity contribution in [3.05, 3.63) is 12.7 Å². The maximum Gasteiger partial charge on any atom is 0.0655 e. The van der Waals surface area contributed by atoms with Crippen molar-refractivity contribution < 1.29 is 9.47 Å². The molecule has 2 heteroatoms. The molecule has 0 saturated heterocycles. The van der Waals surface area contributed by atoms with E-state index in [9.17, 15) is 0 Å². The van der Waals surface area contributed by atoms with Crippen molar-refractivity contribution in [3.63, 3.8) is 0 Å². The molecule has 0 aliphatic heterocycles. The van der Waals surface area contributed by atoms with Crippen molar-refractivity contribution in [2.45, 2.75) is 78.6 Å². The largest absolute Gasteiger partial charge is 0.379 e. The zero-order valence-corrected chi connectivity index (χ0v) is 13.4. The standard InChI is InChI=1S/C16H32O2/c1-9-14(4)12-16(7,8)18-15(5,6)10-11-17-13(2)3/h9,13-14H,1,10-12H2,2-8H3. The van der Waals surface area contributed by atoms with Crippen molar-refractivity contribution in [3.8, 4) is 0 Å². The van der Waals surface area contributed by atoms with Crippen LogP contribution < -0.4 is 0 Å². The smallest absolute Gasteiger partial charge is 0.0655 e. The van der Waals surface area contributed by atoms with Gasteiger partial charge in [-0.15, -0.1) is 6.58 Å². The van der Waals surface area contributed by atoms with E-state index in [-0.39, 0.29) is 17.3 Å². The molecule has 0 aliphatic carbocycles. The number of hydrogen-bond acceptors (Lipinski definition) is 2. The molecule has 0 rings (SSSR count). The van der Waals surface area contributed by atoms with E-state index in [0.717, 1.165) is 19.4 Å². The van der Waals surface area contributed by atoms with E-state index in [1.54, 1.807) is 0 Å². The molecule has 0 aliphatic rings. The highest BCUT2D eigenvalue weighted by molar-refractivity contribution is 4.84. The summed E-state index contributed by atoms with van der Waals surface area (Å²) in [7, 11) is 0. The Hall–Kier alpha value is -0.340. The van der Waals surface area contributed by atoms with Crippen LogP contribution in [0.5, 0.6) is 0 Å². The predicted octanol–water partition coefficient (Wildman–Crippen LogP) is 4.59.